The highest BCUT2D eigenvalue weighted by Gasteiger charge is 2.15. The first-order valence-corrected chi connectivity index (χ1v) is 8.93. The zero-order valence-corrected chi connectivity index (χ0v) is 15.7. The van der Waals surface area contributed by atoms with Crippen LogP contribution in [0.1, 0.15) is 5.56 Å². The number of aliphatic hydroxyl groups excluding tert-OH is 1. The zero-order valence-electron chi connectivity index (χ0n) is 14.9. The molecule has 1 aromatic heterocycles. The van der Waals surface area contributed by atoms with Gasteiger partial charge in [-0.05, 0) is 30.3 Å². The second kappa shape index (κ2) is 9.10. The van der Waals surface area contributed by atoms with Gasteiger partial charge in [0.2, 0.25) is 0 Å². The van der Waals surface area contributed by atoms with Crippen molar-refractivity contribution in [1.29, 1.82) is 0 Å². The number of ether oxygens (including phenoxy) is 1. The number of nitrogens with zero attached hydrogens (tertiary/aromatic N) is 2. The van der Waals surface area contributed by atoms with Crippen molar-refractivity contribution in [3.8, 4) is 16.9 Å². The Labute approximate surface area is 162 Å². The summed E-state index contributed by atoms with van der Waals surface area (Å²) < 4.78 is 19.8. The van der Waals surface area contributed by atoms with E-state index < -0.39 is 6.10 Å². The quantitative estimate of drug-likeness (QED) is 0.619. The van der Waals surface area contributed by atoms with Crippen molar-refractivity contribution in [3.63, 3.8) is 0 Å². The summed E-state index contributed by atoms with van der Waals surface area (Å²) in [6.45, 7) is 1.14. The molecule has 142 valence electrons. The van der Waals surface area contributed by atoms with Crippen molar-refractivity contribution in [1.82, 2.24) is 15.1 Å². The van der Waals surface area contributed by atoms with Crippen molar-refractivity contribution >= 4 is 11.6 Å². The van der Waals surface area contributed by atoms with Gasteiger partial charge in [0.15, 0.2) is 0 Å². The summed E-state index contributed by atoms with van der Waals surface area (Å²) >= 11 is 6.36. The first-order chi connectivity index (χ1) is 13.1. The molecule has 1 atom stereocenters. The molecule has 7 heteroatoms. The molecule has 0 aliphatic heterocycles. The van der Waals surface area contributed by atoms with Crippen LogP contribution >= 0.6 is 11.6 Å². The highest BCUT2D eigenvalue weighted by atomic mass is 35.5. The molecule has 0 spiro atoms. The molecule has 0 aliphatic carbocycles. The van der Waals surface area contributed by atoms with Crippen molar-refractivity contribution in [2.45, 2.75) is 12.6 Å². The fourth-order valence-corrected chi connectivity index (χ4v) is 3.00. The summed E-state index contributed by atoms with van der Waals surface area (Å²) in [5.74, 6) is -0.300. The Kier molecular flexibility index (Phi) is 6.58. The molecule has 0 unspecified atom stereocenters. The summed E-state index contributed by atoms with van der Waals surface area (Å²) in [5.41, 5.74) is 3.21. The van der Waals surface area contributed by atoms with Crippen LogP contribution in [0.25, 0.3) is 16.9 Å². The van der Waals surface area contributed by atoms with Crippen molar-refractivity contribution in [2.75, 3.05) is 20.3 Å². The van der Waals surface area contributed by atoms with Crippen LogP contribution in [0.15, 0.2) is 54.7 Å². The summed E-state index contributed by atoms with van der Waals surface area (Å²) in [4.78, 5) is 0. The van der Waals surface area contributed by atoms with E-state index in [9.17, 15) is 9.50 Å². The van der Waals surface area contributed by atoms with Gasteiger partial charge in [-0.15, -0.1) is 0 Å². The Bertz CT molecular complexity index is 883. The Balaban J connectivity index is 1.89. The predicted molar refractivity (Wildman–Crippen MR) is 104 cm³/mol. The van der Waals surface area contributed by atoms with E-state index in [1.165, 1.54) is 12.1 Å². The van der Waals surface area contributed by atoms with Crippen LogP contribution in [-0.4, -0.2) is 41.3 Å². The van der Waals surface area contributed by atoms with Gasteiger partial charge in [-0.25, -0.2) is 9.07 Å². The standard InChI is InChI=1S/C20H21ClFN3O2/c1-27-13-17(26)11-23-10-14-12-25(16-8-6-15(22)7-9-16)24-20(14)18-4-2-3-5-19(18)21/h2-9,12,17,23,26H,10-11,13H2,1H3/t17-/m0/s1. The second-order valence-corrected chi connectivity index (χ2v) is 6.55. The predicted octanol–water partition coefficient (Wildman–Crippen LogP) is 3.43. The van der Waals surface area contributed by atoms with Gasteiger partial charge < -0.3 is 15.2 Å². The highest BCUT2D eigenvalue weighted by molar-refractivity contribution is 6.33. The van der Waals surface area contributed by atoms with E-state index in [0.29, 0.717) is 18.1 Å². The Morgan fingerprint density at radius 2 is 1.96 bits per heavy atom. The molecule has 5 nitrogen and oxygen atoms in total. The Morgan fingerprint density at radius 3 is 2.67 bits per heavy atom. The molecule has 2 N–H and O–H groups in total. The molecule has 3 aromatic rings. The molecule has 3 rings (SSSR count). The minimum atomic E-state index is -0.592. The van der Waals surface area contributed by atoms with Crippen molar-refractivity contribution < 1.29 is 14.2 Å². The smallest absolute Gasteiger partial charge is 0.123 e. The van der Waals surface area contributed by atoms with Crippen LogP contribution in [0, 0.1) is 5.82 Å². The lowest BCUT2D eigenvalue weighted by molar-refractivity contribution is 0.0644. The van der Waals surface area contributed by atoms with Gasteiger partial charge >= 0.3 is 0 Å². The Morgan fingerprint density at radius 1 is 1.22 bits per heavy atom. The van der Waals surface area contributed by atoms with Gasteiger partial charge in [-0.2, -0.15) is 5.10 Å². The molecule has 0 amide bonds. The van der Waals surface area contributed by atoms with Gasteiger partial charge in [-0.1, -0.05) is 29.8 Å². The Hall–Kier alpha value is -2.25. The minimum absolute atomic E-state index is 0.263. The van der Waals surface area contributed by atoms with Crippen LogP contribution in [0.2, 0.25) is 5.02 Å². The SMILES string of the molecule is COC[C@@H](O)CNCc1cn(-c2ccc(F)cc2)nc1-c1ccccc1Cl. The van der Waals surface area contributed by atoms with Crippen LogP contribution < -0.4 is 5.32 Å². The van der Waals surface area contributed by atoms with E-state index in [4.69, 9.17) is 16.3 Å². The molecule has 0 fully saturated rings. The molecule has 2 aromatic carbocycles. The van der Waals surface area contributed by atoms with Crippen molar-refractivity contribution in [2.24, 2.45) is 0 Å². The number of aliphatic hydroxyl groups is 1. The lowest BCUT2D eigenvalue weighted by Crippen LogP contribution is -2.29. The lowest BCUT2D eigenvalue weighted by atomic mass is 10.1. The fraction of sp³-hybridized carbons (Fsp3) is 0.250. The highest BCUT2D eigenvalue weighted by Crippen LogP contribution is 2.30. The summed E-state index contributed by atoms with van der Waals surface area (Å²) in [5, 5.41) is 18.3. The maximum Gasteiger partial charge on any atom is 0.123 e. The molecule has 1 heterocycles. The average molecular weight is 390 g/mol. The van der Waals surface area contributed by atoms with Crippen LogP contribution in [0.4, 0.5) is 4.39 Å². The minimum Gasteiger partial charge on any atom is -0.389 e. The summed E-state index contributed by atoms with van der Waals surface area (Å²) in [6, 6.07) is 13.6. The van der Waals surface area contributed by atoms with Crippen LogP contribution in [-0.2, 0) is 11.3 Å². The molecule has 27 heavy (non-hydrogen) atoms. The van der Waals surface area contributed by atoms with Gasteiger partial charge in [0.05, 0.1) is 29.1 Å². The van der Waals surface area contributed by atoms with E-state index >= 15 is 0 Å². The monoisotopic (exact) mass is 389 g/mol. The third-order valence-electron chi connectivity index (χ3n) is 4.06. The molecule has 0 radical (unpaired) electrons. The number of nitrogens with one attached hydrogen (secondary N) is 1. The third kappa shape index (κ3) is 4.93. The van der Waals surface area contributed by atoms with Crippen molar-refractivity contribution in [3.05, 3.63) is 71.1 Å². The van der Waals surface area contributed by atoms with Gasteiger partial charge in [0, 0.05) is 37.5 Å². The number of halogens is 2. The first kappa shape index (κ1) is 19.5. The number of hydrogen-bond donors (Lipinski definition) is 2. The summed E-state index contributed by atoms with van der Waals surface area (Å²) in [6.07, 6.45) is 1.28. The van der Waals surface area contributed by atoms with E-state index in [1.807, 2.05) is 30.5 Å². The van der Waals surface area contributed by atoms with Gasteiger partial charge in [-0.3, -0.25) is 0 Å². The van der Waals surface area contributed by atoms with Crippen LogP contribution in [0.5, 0.6) is 0 Å². The second-order valence-electron chi connectivity index (χ2n) is 6.14. The number of hydrogen-bond acceptors (Lipinski definition) is 4. The molecule has 0 saturated heterocycles. The molecular formula is C20H21ClFN3O2. The van der Waals surface area contributed by atoms with Gasteiger partial charge in [0.1, 0.15) is 5.82 Å². The largest absolute Gasteiger partial charge is 0.389 e. The molecular weight excluding hydrogens is 369 g/mol. The first-order valence-electron chi connectivity index (χ1n) is 8.55. The van der Waals surface area contributed by atoms with E-state index in [0.717, 1.165) is 22.5 Å². The maximum atomic E-state index is 13.2. The number of methoxy groups -OCH3 is 1. The topological polar surface area (TPSA) is 59.3 Å². The van der Waals surface area contributed by atoms with Gasteiger partial charge in [0.25, 0.3) is 0 Å². The molecule has 0 aliphatic rings. The normalized spacial score (nSPS) is 12.3. The third-order valence-corrected chi connectivity index (χ3v) is 4.39. The molecule has 0 saturated carbocycles. The van der Waals surface area contributed by atoms with E-state index in [2.05, 4.69) is 10.4 Å². The average Bonchev–Trinajstić information content (AvgIpc) is 3.07. The number of benzene rings is 2. The maximum absolute atomic E-state index is 13.2. The summed E-state index contributed by atoms with van der Waals surface area (Å²) in [7, 11) is 1.55. The van der Waals surface area contributed by atoms with E-state index in [1.54, 1.807) is 23.9 Å². The zero-order chi connectivity index (χ0) is 19.2. The number of rotatable bonds is 8. The molecule has 0 bridgehead atoms. The van der Waals surface area contributed by atoms with E-state index in [-0.39, 0.29) is 12.4 Å². The van der Waals surface area contributed by atoms with Crippen LogP contribution in [0.3, 0.4) is 0 Å². The lowest BCUT2D eigenvalue weighted by Gasteiger charge is -2.10. The number of aromatic nitrogens is 2. The fourth-order valence-electron chi connectivity index (χ4n) is 2.77.